The first-order chi connectivity index (χ1) is 12.6. The lowest BCUT2D eigenvalue weighted by Crippen LogP contribution is -2.37. The van der Waals surface area contributed by atoms with Crippen LogP contribution in [0.5, 0.6) is 0 Å². The number of nitrogens with zero attached hydrogens (tertiary/aromatic N) is 5. The van der Waals surface area contributed by atoms with Crippen molar-refractivity contribution in [2.45, 2.75) is 38.7 Å². The van der Waals surface area contributed by atoms with Gasteiger partial charge in [0.1, 0.15) is 16.9 Å². The fourth-order valence-electron chi connectivity index (χ4n) is 3.25. The van der Waals surface area contributed by atoms with Gasteiger partial charge in [0.25, 0.3) is 0 Å². The summed E-state index contributed by atoms with van der Waals surface area (Å²) in [6.45, 7) is 4.51. The van der Waals surface area contributed by atoms with E-state index in [9.17, 15) is 9.90 Å². The molecule has 0 saturated carbocycles. The fourth-order valence-corrected chi connectivity index (χ4v) is 3.95. The molecule has 1 aliphatic heterocycles. The molecule has 0 bridgehead atoms. The van der Waals surface area contributed by atoms with E-state index in [0.29, 0.717) is 11.6 Å². The Morgan fingerprint density at radius 1 is 1.42 bits per heavy atom. The highest BCUT2D eigenvalue weighted by atomic mass is 32.1. The van der Waals surface area contributed by atoms with E-state index in [-0.39, 0.29) is 11.8 Å². The van der Waals surface area contributed by atoms with E-state index in [1.54, 1.807) is 6.20 Å². The Balaban J connectivity index is 1.40. The maximum Gasteiger partial charge on any atom is 0.227 e. The van der Waals surface area contributed by atoms with Gasteiger partial charge in [-0.2, -0.15) is 0 Å². The highest BCUT2D eigenvalue weighted by molar-refractivity contribution is 7.15. The van der Waals surface area contributed by atoms with E-state index in [2.05, 4.69) is 25.4 Å². The molecule has 26 heavy (non-hydrogen) atoms. The Morgan fingerprint density at radius 3 is 2.81 bits per heavy atom. The number of rotatable bonds is 7. The molecule has 0 unspecified atom stereocenters. The molecule has 1 atom stereocenters. The summed E-state index contributed by atoms with van der Waals surface area (Å²) in [7, 11) is 1.90. The summed E-state index contributed by atoms with van der Waals surface area (Å²) in [6, 6.07) is 0. The Hall–Kier alpha value is -1.84. The van der Waals surface area contributed by atoms with Gasteiger partial charge in [-0.25, -0.2) is 4.98 Å². The van der Waals surface area contributed by atoms with Gasteiger partial charge in [0.2, 0.25) is 11.0 Å². The maximum atomic E-state index is 12.1. The van der Waals surface area contributed by atoms with Crippen LogP contribution in [0.3, 0.4) is 0 Å². The van der Waals surface area contributed by atoms with Gasteiger partial charge in [0.15, 0.2) is 0 Å². The summed E-state index contributed by atoms with van der Waals surface area (Å²) in [5.74, 6) is 0.917. The molecule has 8 nitrogen and oxygen atoms in total. The molecular weight excluding hydrogens is 352 g/mol. The van der Waals surface area contributed by atoms with Crippen LogP contribution in [0, 0.1) is 5.92 Å². The molecule has 0 aliphatic carbocycles. The predicted molar refractivity (Wildman–Crippen MR) is 99.9 cm³/mol. The molecule has 1 fully saturated rings. The molecule has 0 radical (unpaired) electrons. The molecule has 3 heterocycles. The number of aryl methyl sites for hydroxylation is 2. The van der Waals surface area contributed by atoms with Crippen LogP contribution in [0.25, 0.3) is 0 Å². The molecule has 0 aromatic carbocycles. The quantitative estimate of drug-likeness (QED) is 0.760. The van der Waals surface area contributed by atoms with Crippen molar-refractivity contribution in [3.8, 4) is 0 Å². The zero-order valence-corrected chi connectivity index (χ0v) is 16.1. The molecule has 1 saturated heterocycles. The van der Waals surface area contributed by atoms with E-state index in [1.165, 1.54) is 11.3 Å². The van der Waals surface area contributed by atoms with Crippen LogP contribution in [0.15, 0.2) is 12.4 Å². The standard InChI is InChI=1S/C17H26N6O2S/c1-3-14-20-21-17(26-14)19-13(24)6-10-23-8-4-12(5-9-23)15(25)16-18-7-11-22(16)2/h7,11-12,15,25H,3-6,8-10H2,1-2H3,(H,19,21,24)/t15-/m0/s1. The van der Waals surface area contributed by atoms with Crippen LogP contribution in [0.1, 0.15) is 43.1 Å². The number of aliphatic hydroxyl groups is 1. The zero-order chi connectivity index (χ0) is 18.5. The second-order valence-electron chi connectivity index (χ2n) is 6.67. The average molecular weight is 379 g/mol. The smallest absolute Gasteiger partial charge is 0.227 e. The first kappa shape index (κ1) is 18.9. The lowest BCUT2D eigenvalue weighted by Gasteiger charge is -2.33. The molecule has 142 valence electrons. The Bertz CT molecular complexity index is 722. The number of anilines is 1. The van der Waals surface area contributed by atoms with E-state index < -0.39 is 6.10 Å². The van der Waals surface area contributed by atoms with E-state index in [4.69, 9.17) is 0 Å². The molecule has 1 aliphatic rings. The van der Waals surface area contributed by atoms with Gasteiger partial charge in [-0.05, 0) is 38.3 Å². The van der Waals surface area contributed by atoms with Crippen LogP contribution in [-0.4, -0.2) is 55.3 Å². The monoisotopic (exact) mass is 378 g/mol. The third-order valence-electron chi connectivity index (χ3n) is 4.87. The summed E-state index contributed by atoms with van der Waals surface area (Å²) in [5, 5.41) is 22.8. The van der Waals surface area contributed by atoms with Gasteiger partial charge in [0.05, 0.1) is 0 Å². The summed E-state index contributed by atoms with van der Waals surface area (Å²) in [5.41, 5.74) is 0. The number of aliphatic hydroxyl groups excluding tert-OH is 1. The van der Waals surface area contributed by atoms with Crippen molar-refractivity contribution in [1.29, 1.82) is 0 Å². The van der Waals surface area contributed by atoms with Crippen molar-refractivity contribution < 1.29 is 9.90 Å². The Morgan fingerprint density at radius 2 is 2.19 bits per heavy atom. The SMILES string of the molecule is CCc1nnc(NC(=O)CCN2CCC([C@H](O)c3nccn3C)CC2)s1. The molecular formula is C17H26N6O2S. The lowest BCUT2D eigenvalue weighted by atomic mass is 9.90. The van der Waals surface area contributed by atoms with Crippen LogP contribution in [0.4, 0.5) is 5.13 Å². The number of nitrogens with one attached hydrogen (secondary N) is 1. The maximum absolute atomic E-state index is 12.1. The van der Waals surface area contributed by atoms with Crippen molar-refractivity contribution in [3.63, 3.8) is 0 Å². The minimum Gasteiger partial charge on any atom is -0.385 e. The summed E-state index contributed by atoms with van der Waals surface area (Å²) in [6.07, 6.45) is 6.13. The average Bonchev–Trinajstić information content (AvgIpc) is 3.28. The minimum absolute atomic E-state index is 0.0287. The molecule has 2 N–H and O–H groups in total. The topological polar surface area (TPSA) is 96.2 Å². The van der Waals surface area contributed by atoms with E-state index in [1.807, 2.05) is 24.7 Å². The van der Waals surface area contributed by atoms with Crippen molar-refractivity contribution >= 4 is 22.4 Å². The number of aromatic nitrogens is 4. The third-order valence-corrected chi connectivity index (χ3v) is 5.86. The molecule has 1 amide bonds. The highest BCUT2D eigenvalue weighted by Gasteiger charge is 2.28. The van der Waals surface area contributed by atoms with Crippen LogP contribution in [0.2, 0.25) is 0 Å². The number of piperidine rings is 1. The van der Waals surface area contributed by atoms with Crippen LogP contribution >= 0.6 is 11.3 Å². The summed E-state index contributed by atoms with van der Waals surface area (Å²) in [4.78, 5) is 18.6. The van der Waals surface area contributed by atoms with E-state index >= 15 is 0 Å². The van der Waals surface area contributed by atoms with Crippen molar-refractivity contribution in [1.82, 2.24) is 24.6 Å². The second-order valence-corrected chi connectivity index (χ2v) is 7.74. The van der Waals surface area contributed by atoms with Crippen molar-refractivity contribution in [2.24, 2.45) is 13.0 Å². The lowest BCUT2D eigenvalue weighted by molar-refractivity contribution is -0.116. The Labute approximate surface area is 157 Å². The van der Waals surface area contributed by atoms with Crippen LogP contribution in [-0.2, 0) is 18.3 Å². The molecule has 0 spiro atoms. The van der Waals surface area contributed by atoms with Crippen LogP contribution < -0.4 is 5.32 Å². The number of hydrogen-bond acceptors (Lipinski definition) is 7. The number of hydrogen-bond donors (Lipinski definition) is 2. The molecule has 2 aromatic heterocycles. The van der Waals surface area contributed by atoms with Gasteiger partial charge in [-0.15, -0.1) is 10.2 Å². The Kier molecular flexibility index (Phi) is 6.33. The number of carbonyl (C=O) groups excluding carboxylic acids is 1. The zero-order valence-electron chi connectivity index (χ0n) is 15.3. The predicted octanol–water partition coefficient (Wildman–Crippen LogP) is 1.61. The first-order valence-electron chi connectivity index (χ1n) is 9.06. The number of imidazole rings is 1. The molecule has 9 heteroatoms. The summed E-state index contributed by atoms with van der Waals surface area (Å²) >= 11 is 1.42. The number of carbonyl (C=O) groups is 1. The van der Waals surface area contributed by atoms with Gasteiger partial charge >= 0.3 is 0 Å². The van der Waals surface area contributed by atoms with E-state index in [0.717, 1.165) is 49.7 Å². The fraction of sp³-hybridized carbons (Fsp3) is 0.647. The second kappa shape index (κ2) is 8.70. The minimum atomic E-state index is -0.523. The largest absolute Gasteiger partial charge is 0.385 e. The van der Waals surface area contributed by atoms with Gasteiger partial charge in [0, 0.05) is 32.4 Å². The van der Waals surface area contributed by atoms with Gasteiger partial charge < -0.3 is 19.9 Å². The number of likely N-dealkylation sites (tertiary alicyclic amines) is 1. The normalized spacial score (nSPS) is 17.3. The third kappa shape index (κ3) is 4.66. The molecule has 2 aromatic rings. The first-order valence-corrected chi connectivity index (χ1v) is 9.88. The molecule has 3 rings (SSSR count). The van der Waals surface area contributed by atoms with Gasteiger partial charge in [-0.3, -0.25) is 4.79 Å². The van der Waals surface area contributed by atoms with Crippen molar-refractivity contribution in [2.75, 3.05) is 25.0 Å². The highest BCUT2D eigenvalue weighted by Crippen LogP contribution is 2.29. The summed E-state index contributed by atoms with van der Waals surface area (Å²) < 4.78 is 1.87. The van der Waals surface area contributed by atoms with Gasteiger partial charge in [-0.1, -0.05) is 18.3 Å². The van der Waals surface area contributed by atoms with Crippen molar-refractivity contribution in [3.05, 3.63) is 23.2 Å². The number of amides is 1.